The molecule has 0 aliphatic heterocycles. The second-order valence-electron chi connectivity index (χ2n) is 7.42. The fourth-order valence-corrected chi connectivity index (χ4v) is 2.81. The minimum absolute atomic E-state index is 0.0885. The second kappa shape index (κ2) is 12.4. The predicted molar refractivity (Wildman–Crippen MR) is 114 cm³/mol. The molecule has 8 heteroatoms. The van der Waals surface area contributed by atoms with Gasteiger partial charge in [0.15, 0.2) is 0 Å². The van der Waals surface area contributed by atoms with Crippen LogP contribution in [0.25, 0.3) is 0 Å². The summed E-state index contributed by atoms with van der Waals surface area (Å²) in [6.07, 6.45) is 1.52. The first-order chi connectivity index (χ1) is 14.9. The molecular formula is C23H30N2O6. The number of esters is 2. The second-order valence-corrected chi connectivity index (χ2v) is 7.42. The van der Waals surface area contributed by atoms with Gasteiger partial charge in [-0.05, 0) is 42.9 Å². The summed E-state index contributed by atoms with van der Waals surface area (Å²) >= 11 is 0. The Hall–Kier alpha value is -3.29. The van der Waals surface area contributed by atoms with E-state index in [4.69, 9.17) is 14.2 Å². The van der Waals surface area contributed by atoms with E-state index >= 15 is 0 Å². The number of benzene rings is 1. The molecule has 0 bridgehead atoms. The van der Waals surface area contributed by atoms with Gasteiger partial charge in [0.25, 0.3) is 0 Å². The highest BCUT2D eigenvalue weighted by Gasteiger charge is 2.25. The number of hydrogen-bond donors (Lipinski definition) is 2. The topological polar surface area (TPSA) is 107 Å². The quantitative estimate of drug-likeness (QED) is 0.417. The van der Waals surface area contributed by atoms with Crippen LogP contribution in [-0.2, 0) is 32.0 Å². The van der Waals surface area contributed by atoms with Crippen LogP contribution in [0.1, 0.15) is 48.8 Å². The van der Waals surface area contributed by atoms with Gasteiger partial charge in [0.1, 0.15) is 18.3 Å². The van der Waals surface area contributed by atoms with E-state index in [1.165, 1.54) is 0 Å². The van der Waals surface area contributed by atoms with Gasteiger partial charge in [-0.25, -0.2) is 14.4 Å². The van der Waals surface area contributed by atoms with Crippen molar-refractivity contribution in [3.05, 3.63) is 59.4 Å². The molecule has 8 nitrogen and oxygen atoms in total. The highest BCUT2D eigenvalue weighted by atomic mass is 16.6. The molecule has 1 aromatic carbocycles. The molecule has 1 aromatic heterocycles. The van der Waals surface area contributed by atoms with Crippen molar-refractivity contribution in [1.29, 1.82) is 0 Å². The van der Waals surface area contributed by atoms with E-state index < -0.39 is 24.1 Å². The van der Waals surface area contributed by atoms with Crippen molar-refractivity contribution in [2.24, 2.45) is 5.92 Å². The van der Waals surface area contributed by atoms with Crippen molar-refractivity contribution in [1.82, 2.24) is 10.3 Å². The summed E-state index contributed by atoms with van der Waals surface area (Å²) in [6.45, 7) is 6.17. The lowest BCUT2D eigenvalue weighted by Crippen LogP contribution is -2.42. The van der Waals surface area contributed by atoms with Crippen LogP contribution < -0.4 is 5.32 Å². The van der Waals surface area contributed by atoms with E-state index in [2.05, 4.69) is 10.3 Å². The number of ether oxygens (including phenoxy) is 3. The van der Waals surface area contributed by atoms with Crippen LogP contribution in [0.3, 0.4) is 0 Å². The Balaban J connectivity index is 1.99. The van der Waals surface area contributed by atoms with Crippen LogP contribution in [0.15, 0.2) is 42.6 Å². The number of amides is 1. The first kappa shape index (κ1) is 24.0. The number of aromatic amines is 1. The molecule has 1 amide bonds. The van der Waals surface area contributed by atoms with Gasteiger partial charge in [0, 0.05) is 6.20 Å². The van der Waals surface area contributed by atoms with Gasteiger partial charge in [-0.1, -0.05) is 44.2 Å². The van der Waals surface area contributed by atoms with Crippen LogP contribution in [0.4, 0.5) is 4.79 Å². The maximum absolute atomic E-state index is 12.5. The van der Waals surface area contributed by atoms with E-state index in [1.807, 2.05) is 44.2 Å². The van der Waals surface area contributed by atoms with Crippen molar-refractivity contribution in [3.63, 3.8) is 0 Å². The van der Waals surface area contributed by atoms with Crippen molar-refractivity contribution >= 4 is 18.0 Å². The number of hydrogen-bond acceptors (Lipinski definition) is 6. The van der Waals surface area contributed by atoms with Gasteiger partial charge in [-0.2, -0.15) is 0 Å². The summed E-state index contributed by atoms with van der Waals surface area (Å²) in [7, 11) is 0. The Bertz CT molecular complexity index is 847. The first-order valence-corrected chi connectivity index (χ1v) is 10.4. The Labute approximate surface area is 182 Å². The van der Waals surface area contributed by atoms with E-state index in [0.29, 0.717) is 17.7 Å². The van der Waals surface area contributed by atoms with E-state index in [-0.39, 0.29) is 32.2 Å². The molecule has 0 saturated carbocycles. The number of aryl methyl sites for hydroxylation is 1. The first-order valence-electron chi connectivity index (χ1n) is 10.4. The van der Waals surface area contributed by atoms with Crippen LogP contribution in [0.5, 0.6) is 0 Å². The van der Waals surface area contributed by atoms with Crippen LogP contribution in [0, 0.1) is 5.92 Å². The zero-order valence-corrected chi connectivity index (χ0v) is 18.2. The molecule has 0 radical (unpaired) electrons. The summed E-state index contributed by atoms with van der Waals surface area (Å²) < 4.78 is 15.6. The van der Waals surface area contributed by atoms with Crippen molar-refractivity contribution < 1.29 is 28.6 Å². The largest absolute Gasteiger partial charge is 0.464 e. The van der Waals surface area contributed by atoms with Gasteiger partial charge in [0.05, 0.1) is 13.2 Å². The molecule has 0 fully saturated rings. The van der Waals surface area contributed by atoms with Gasteiger partial charge >= 0.3 is 18.0 Å². The number of aromatic nitrogens is 1. The lowest BCUT2D eigenvalue weighted by atomic mass is 10.1. The minimum atomic E-state index is -0.910. The fraction of sp³-hybridized carbons (Fsp3) is 0.435. The smallest absolute Gasteiger partial charge is 0.408 e. The lowest BCUT2D eigenvalue weighted by molar-refractivity contribution is -0.147. The Kier molecular flexibility index (Phi) is 9.61. The summed E-state index contributed by atoms with van der Waals surface area (Å²) in [4.78, 5) is 39.7. The Morgan fingerprint density at radius 2 is 1.77 bits per heavy atom. The molecule has 1 unspecified atom stereocenters. The number of H-pyrrole nitrogens is 1. The average Bonchev–Trinajstić information content (AvgIpc) is 3.23. The maximum Gasteiger partial charge on any atom is 0.408 e. The summed E-state index contributed by atoms with van der Waals surface area (Å²) in [5, 5.41) is 2.58. The standard InChI is InChI=1S/C23H30N2O6/c1-4-29-22(27)20-18(12-13-24-20)10-11-19(21(26)30-14-16(2)3)25-23(28)31-15-17-8-6-5-7-9-17/h5-9,12-13,16,19,24H,4,10-11,14-15H2,1-3H3,(H,25,28). The van der Waals surface area contributed by atoms with E-state index in [9.17, 15) is 14.4 Å². The molecule has 2 N–H and O–H groups in total. The van der Waals surface area contributed by atoms with Crippen molar-refractivity contribution in [2.75, 3.05) is 13.2 Å². The molecule has 0 aliphatic rings. The Morgan fingerprint density at radius 3 is 2.45 bits per heavy atom. The molecule has 0 spiro atoms. The summed E-state index contributed by atoms with van der Waals surface area (Å²) in [6, 6.07) is 10.1. The minimum Gasteiger partial charge on any atom is -0.464 e. The molecule has 2 rings (SSSR count). The molecule has 0 aliphatic carbocycles. The van der Waals surface area contributed by atoms with E-state index in [0.717, 1.165) is 5.56 Å². The van der Waals surface area contributed by atoms with Gasteiger partial charge in [-0.3, -0.25) is 0 Å². The summed E-state index contributed by atoms with van der Waals surface area (Å²) in [5.41, 5.74) is 1.87. The van der Waals surface area contributed by atoms with E-state index in [1.54, 1.807) is 19.2 Å². The monoisotopic (exact) mass is 430 g/mol. The highest BCUT2D eigenvalue weighted by Crippen LogP contribution is 2.13. The molecule has 2 aromatic rings. The Morgan fingerprint density at radius 1 is 1.03 bits per heavy atom. The molecule has 0 saturated heterocycles. The lowest BCUT2D eigenvalue weighted by Gasteiger charge is -2.18. The number of carbonyl (C=O) groups excluding carboxylic acids is 3. The van der Waals surface area contributed by atoms with Gasteiger partial charge < -0.3 is 24.5 Å². The maximum atomic E-state index is 12.5. The predicted octanol–water partition coefficient (Wildman–Crippen LogP) is 3.62. The van der Waals surface area contributed by atoms with Crippen molar-refractivity contribution in [2.45, 2.75) is 46.3 Å². The number of nitrogens with one attached hydrogen (secondary N) is 2. The zero-order valence-electron chi connectivity index (χ0n) is 18.2. The third kappa shape index (κ3) is 8.16. The van der Waals surface area contributed by atoms with Crippen LogP contribution in [-0.4, -0.2) is 42.3 Å². The van der Waals surface area contributed by atoms with Crippen molar-refractivity contribution in [3.8, 4) is 0 Å². The average molecular weight is 431 g/mol. The van der Waals surface area contributed by atoms with Crippen LogP contribution >= 0.6 is 0 Å². The third-order valence-corrected chi connectivity index (χ3v) is 4.36. The highest BCUT2D eigenvalue weighted by molar-refractivity contribution is 5.89. The summed E-state index contributed by atoms with van der Waals surface area (Å²) in [5.74, 6) is -0.843. The molecule has 1 atom stereocenters. The molecule has 31 heavy (non-hydrogen) atoms. The number of carbonyl (C=O) groups is 3. The van der Waals surface area contributed by atoms with Gasteiger partial charge in [-0.15, -0.1) is 0 Å². The van der Waals surface area contributed by atoms with Crippen LogP contribution in [0.2, 0.25) is 0 Å². The SMILES string of the molecule is CCOC(=O)c1[nH]ccc1CCC(NC(=O)OCc1ccccc1)C(=O)OCC(C)C. The molecule has 1 heterocycles. The fourth-order valence-electron chi connectivity index (χ4n) is 2.81. The van der Waals surface area contributed by atoms with Gasteiger partial charge in [0.2, 0.25) is 0 Å². The third-order valence-electron chi connectivity index (χ3n) is 4.36. The normalized spacial score (nSPS) is 11.6. The molecule has 168 valence electrons. The number of rotatable bonds is 11. The zero-order chi connectivity index (χ0) is 22.6. The number of alkyl carbamates (subject to hydrolysis) is 1. The molecular weight excluding hydrogens is 400 g/mol.